The molecule has 0 aliphatic rings. The molecule has 0 rings (SSSR count). The van der Waals surface area contributed by atoms with Crippen LogP contribution in [0.1, 0.15) is 212 Å². The monoisotopic (exact) mass is 968 g/mol. The first kappa shape index (κ1) is 61.0. The van der Waals surface area contributed by atoms with Crippen LogP contribution in [0.5, 0.6) is 0 Å². The van der Waals surface area contributed by atoms with E-state index in [0.29, 0.717) is 38.5 Å². The summed E-state index contributed by atoms with van der Waals surface area (Å²) in [6.45, 7) is -0.457. The summed E-state index contributed by atoms with van der Waals surface area (Å²) in [6, 6.07) is 0. The Morgan fingerprint density at radius 3 is 0.762 bits per heavy atom. The van der Waals surface area contributed by atoms with Gasteiger partial charge in [-0.1, -0.05) is 154 Å². The number of unbranched alkanes of at least 4 members (excludes halogenated alkanes) is 27. The lowest BCUT2D eigenvalue weighted by Crippen LogP contribution is -2.30. The molecule has 0 saturated carbocycles. The van der Waals surface area contributed by atoms with Crippen LogP contribution in [0.25, 0.3) is 0 Å². The standard InChI is InChI=1S/C42H80O18S3/c43-40(31-25-19-13-7-1-4-10-16-22-28-34-57-61(46,47)48)55-37-39(60-42(45)33-27-21-15-9-3-6-12-18-24-30-36-59-63(52,53)54)38-56-41(44)32-26-20-14-8-2-5-11-17-23-29-35-58-62(49,50)51/h39H,1-38H2,(H,46,47,48)(H,49,50,51)(H,52,53,54). The smallest absolute Gasteiger partial charge is 0.397 e. The van der Waals surface area contributed by atoms with Crippen LogP contribution in [0, 0.1) is 0 Å². The lowest BCUT2D eigenvalue weighted by molar-refractivity contribution is -0.167. The van der Waals surface area contributed by atoms with Crippen molar-refractivity contribution in [1.82, 2.24) is 0 Å². The van der Waals surface area contributed by atoms with Crippen LogP contribution >= 0.6 is 0 Å². The molecule has 0 radical (unpaired) electrons. The third-order valence-corrected chi connectivity index (χ3v) is 11.6. The highest BCUT2D eigenvalue weighted by molar-refractivity contribution is 7.81. The van der Waals surface area contributed by atoms with E-state index in [1.54, 1.807) is 0 Å². The molecule has 374 valence electrons. The van der Waals surface area contributed by atoms with Crippen molar-refractivity contribution < 1.29 is 80.1 Å². The van der Waals surface area contributed by atoms with Crippen LogP contribution in [-0.4, -0.2) is 96.0 Å². The first-order chi connectivity index (χ1) is 30.0. The Kier molecular flexibility index (Phi) is 39.0. The highest BCUT2D eigenvalue weighted by atomic mass is 32.3. The van der Waals surface area contributed by atoms with Crippen molar-refractivity contribution in [3.63, 3.8) is 0 Å². The number of carbonyl (C=O) groups is 3. The summed E-state index contributed by atoms with van der Waals surface area (Å²) < 4.78 is 118. The van der Waals surface area contributed by atoms with E-state index in [0.717, 1.165) is 154 Å². The molecule has 0 unspecified atom stereocenters. The van der Waals surface area contributed by atoms with Crippen LogP contribution in [0.4, 0.5) is 0 Å². The predicted molar refractivity (Wildman–Crippen MR) is 237 cm³/mol. The average molecular weight is 969 g/mol. The molecule has 0 aromatic rings. The second kappa shape index (κ2) is 40.3. The zero-order valence-electron chi connectivity index (χ0n) is 37.6. The Bertz CT molecular complexity index is 1400. The van der Waals surface area contributed by atoms with Crippen molar-refractivity contribution in [1.29, 1.82) is 0 Å². The third kappa shape index (κ3) is 50.9. The number of carbonyl (C=O) groups excluding carboxylic acids is 3. The number of rotatable bonds is 47. The second-order valence-corrected chi connectivity index (χ2v) is 19.4. The van der Waals surface area contributed by atoms with E-state index in [4.69, 9.17) is 27.9 Å². The minimum atomic E-state index is -4.37. The van der Waals surface area contributed by atoms with Crippen molar-refractivity contribution >= 4 is 49.1 Å². The van der Waals surface area contributed by atoms with Crippen molar-refractivity contribution in [3.8, 4) is 0 Å². The Balaban J connectivity index is 4.38. The molecular weight excluding hydrogens is 889 g/mol. The number of esters is 3. The fourth-order valence-corrected chi connectivity index (χ4v) is 7.71. The van der Waals surface area contributed by atoms with Gasteiger partial charge in [-0.25, -0.2) is 12.5 Å². The van der Waals surface area contributed by atoms with E-state index in [1.807, 2.05) is 0 Å². The van der Waals surface area contributed by atoms with Crippen molar-refractivity contribution in [3.05, 3.63) is 0 Å². The Morgan fingerprint density at radius 1 is 0.317 bits per heavy atom. The average Bonchev–Trinajstić information content (AvgIpc) is 3.19. The summed E-state index contributed by atoms with van der Waals surface area (Å²) in [6.07, 6.45) is 26.8. The van der Waals surface area contributed by atoms with Crippen LogP contribution in [0.15, 0.2) is 0 Å². The fraction of sp³-hybridized carbons (Fsp3) is 0.929. The molecule has 0 atom stereocenters. The van der Waals surface area contributed by atoms with Gasteiger partial charge in [0.05, 0.1) is 19.8 Å². The topological polar surface area (TPSA) is 270 Å². The van der Waals surface area contributed by atoms with Crippen LogP contribution in [0.2, 0.25) is 0 Å². The Morgan fingerprint density at radius 2 is 0.524 bits per heavy atom. The molecule has 63 heavy (non-hydrogen) atoms. The Labute approximate surface area is 378 Å². The third-order valence-electron chi connectivity index (χ3n) is 10.2. The maximum absolute atomic E-state index is 12.7. The van der Waals surface area contributed by atoms with Gasteiger partial charge < -0.3 is 14.2 Å². The molecule has 0 heterocycles. The maximum Gasteiger partial charge on any atom is 0.397 e. The summed E-state index contributed by atoms with van der Waals surface area (Å²) in [5, 5.41) is 0. The SMILES string of the molecule is O=C(CCCCCCCCCCCCOS(=O)(=O)O)OCC(COC(=O)CCCCCCCCCCCCOS(=O)(=O)O)OC(=O)CCCCCCCCCCCCOS(=O)(=O)O. The molecule has 0 fully saturated rings. The zero-order valence-corrected chi connectivity index (χ0v) is 40.1. The van der Waals surface area contributed by atoms with Gasteiger partial charge in [-0.2, -0.15) is 25.3 Å². The largest absolute Gasteiger partial charge is 0.462 e. The molecule has 0 aromatic heterocycles. The summed E-state index contributed by atoms with van der Waals surface area (Å²) in [5.41, 5.74) is 0. The van der Waals surface area contributed by atoms with Gasteiger partial charge in [0.15, 0.2) is 6.10 Å². The van der Waals surface area contributed by atoms with E-state index in [-0.39, 0.29) is 52.3 Å². The summed E-state index contributed by atoms with van der Waals surface area (Å²) in [4.78, 5) is 37.7. The lowest BCUT2D eigenvalue weighted by atomic mass is 10.1. The van der Waals surface area contributed by atoms with Gasteiger partial charge in [0.25, 0.3) is 0 Å². The highest BCUT2D eigenvalue weighted by Gasteiger charge is 2.19. The van der Waals surface area contributed by atoms with E-state index in [2.05, 4.69) is 12.5 Å². The first-order valence-electron chi connectivity index (χ1n) is 23.3. The van der Waals surface area contributed by atoms with E-state index < -0.39 is 55.2 Å². The number of hydrogen-bond donors (Lipinski definition) is 3. The maximum atomic E-state index is 12.7. The summed E-state index contributed by atoms with van der Waals surface area (Å²) in [5.74, 6) is -1.25. The summed E-state index contributed by atoms with van der Waals surface area (Å²) in [7, 11) is -13.1. The molecule has 3 N–H and O–H groups in total. The second-order valence-electron chi connectivity index (χ2n) is 16.1. The van der Waals surface area contributed by atoms with Gasteiger partial charge >= 0.3 is 49.1 Å². The molecule has 21 heteroatoms. The predicted octanol–water partition coefficient (Wildman–Crippen LogP) is 9.32. The van der Waals surface area contributed by atoms with Gasteiger partial charge in [-0.3, -0.25) is 28.0 Å². The van der Waals surface area contributed by atoms with Gasteiger partial charge in [0, 0.05) is 19.3 Å². The number of hydrogen-bond acceptors (Lipinski definition) is 15. The molecule has 0 bridgehead atoms. The van der Waals surface area contributed by atoms with E-state index >= 15 is 0 Å². The molecule has 0 aliphatic carbocycles. The first-order valence-corrected chi connectivity index (χ1v) is 27.4. The van der Waals surface area contributed by atoms with Crippen LogP contribution in [0.3, 0.4) is 0 Å². The van der Waals surface area contributed by atoms with E-state index in [1.165, 1.54) is 0 Å². The summed E-state index contributed by atoms with van der Waals surface area (Å²) >= 11 is 0. The molecule has 0 saturated heterocycles. The van der Waals surface area contributed by atoms with Crippen LogP contribution in [-0.2, 0) is 72.3 Å². The fourth-order valence-electron chi connectivity index (χ4n) is 6.73. The van der Waals surface area contributed by atoms with Gasteiger partial charge in [0.1, 0.15) is 13.2 Å². The molecule has 0 aliphatic heterocycles. The van der Waals surface area contributed by atoms with Crippen molar-refractivity contribution in [2.75, 3.05) is 33.0 Å². The normalized spacial score (nSPS) is 12.2. The minimum Gasteiger partial charge on any atom is -0.462 e. The minimum absolute atomic E-state index is 0.0162. The van der Waals surface area contributed by atoms with Crippen LogP contribution < -0.4 is 0 Å². The van der Waals surface area contributed by atoms with Crippen molar-refractivity contribution in [2.45, 2.75) is 218 Å². The van der Waals surface area contributed by atoms with E-state index in [9.17, 15) is 39.6 Å². The molecule has 0 aromatic carbocycles. The lowest BCUT2D eigenvalue weighted by Gasteiger charge is -2.18. The zero-order chi connectivity index (χ0) is 46.9. The van der Waals surface area contributed by atoms with Gasteiger partial charge in [0.2, 0.25) is 0 Å². The van der Waals surface area contributed by atoms with Gasteiger partial charge in [-0.15, -0.1) is 0 Å². The Hall–Kier alpha value is -1.98. The molecule has 0 amide bonds. The van der Waals surface area contributed by atoms with Gasteiger partial charge in [-0.05, 0) is 38.5 Å². The molecule has 0 spiro atoms. The van der Waals surface area contributed by atoms with Crippen molar-refractivity contribution in [2.24, 2.45) is 0 Å². The highest BCUT2D eigenvalue weighted by Crippen LogP contribution is 2.16. The molecular formula is C42H80O18S3. The molecule has 18 nitrogen and oxygen atoms in total. The quantitative estimate of drug-likeness (QED) is 0.0222. The number of ether oxygens (including phenoxy) is 3.